The summed E-state index contributed by atoms with van der Waals surface area (Å²) in [6.45, 7) is 1.72. The predicted molar refractivity (Wildman–Crippen MR) is 133 cm³/mol. The van der Waals surface area contributed by atoms with Crippen LogP contribution in [0.1, 0.15) is 53.9 Å². The Bertz CT molecular complexity index is 1220. The molecular weight excluding hydrogens is 497 g/mol. The van der Waals surface area contributed by atoms with Gasteiger partial charge in [-0.25, -0.2) is 15.0 Å². The number of thiazole rings is 1. The monoisotopic (exact) mass is 519 g/mol. The highest BCUT2D eigenvalue weighted by atomic mass is 35.5. The molecular formula is C22H23Cl2N7S2. The van der Waals surface area contributed by atoms with Gasteiger partial charge in [-0.3, -0.25) is 4.98 Å². The second-order valence-electron chi connectivity index (χ2n) is 9.08. The Morgan fingerprint density at radius 1 is 1.15 bits per heavy atom. The Kier molecular flexibility index (Phi) is 5.45. The number of nitrogen functional groups attached to an aromatic ring is 1. The van der Waals surface area contributed by atoms with Gasteiger partial charge in [-0.2, -0.15) is 0 Å². The SMILES string of the molecule is Nc1nc(N2CCC3(CC2)Cc2nc(Cl)sc2[C@H]3N)cnc1Sc1ccnc(C2CC2)c1Cl. The van der Waals surface area contributed by atoms with Crippen LogP contribution in [0.25, 0.3) is 0 Å². The smallest absolute Gasteiger partial charge is 0.184 e. The second-order valence-corrected chi connectivity index (χ2v) is 12.1. The van der Waals surface area contributed by atoms with E-state index in [1.807, 2.05) is 6.07 Å². The Labute approximate surface area is 210 Å². The number of nitrogens with two attached hydrogens (primary N) is 2. The van der Waals surface area contributed by atoms with Crippen LogP contribution >= 0.6 is 46.3 Å². The third kappa shape index (κ3) is 3.87. The first kappa shape index (κ1) is 21.9. The van der Waals surface area contributed by atoms with Crippen LogP contribution in [0.5, 0.6) is 0 Å². The van der Waals surface area contributed by atoms with E-state index in [2.05, 4.69) is 24.8 Å². The van der Waals surface area contributed by atoms with Crippen molar-refractivity contribution in [2.75, 3.05) is 23.7 Å². The molecule has 0 unspecified atom stereocenters. The maximum atomic E-state index is 6.64. The molecule has 2 aliphatic carbocycles. The lowest BCUT2D eigenvalue weighted by Gasteiger charge is -2.42. The molecule has 0 bridgehead atoms. The van der Waals surface area contributed by atoms with E-state index < -0.39 is 0 Å². The molecule has 3 aromatic rings. The van der Waals surface area contributed by atoms with Crippen LogP contribution in [0.2, 0.25) is 9.49 Å². The first-order valence-corrected chi connectivity index (χ1v) is 13.4. The molecule has 0 aromatic carbocycles. The van der Waals surface area contributed by atoms with Crippen LogP contribution in [-0.2, 0) is 6.42 Å². The molecule has 7 nitrogen and oxygen atoms in total. The van der Waals surface area contributed by atoms with Gasteiger partial charge in [0, 0.05) is 41.0 Å². The molecule has 3 aliphatic rings. The maximum Gasteiger partial charge on any atom is 0.184 e. The van der Waals surface area contributed by atoms with E-state index in [1.54, 1.807) is 12.4 Å². The first-order valence-electron chi connectivity index (χ1n) is 11.0. The zero-order valence-electron chi connectivity index (χ0n) is 17.8. The summed E-state index contributed by atoms with van der Waals surface area (Å²) in [6, 6.07) is 1.91. The van der Waals surface area contributed by atoms with Crippen LogP contribution in [0, 0.1) is 5.41 Å². The standard InChI is InChI=1S/C22H23Cl2N7S2/c23-15-13(3-6-27-16(15)11-1-2-11)32-20-19(26)30-14(10-28-20)31-7-4-22(5-8-31)9-12-17(18(22)25)33-21(24)29-12/h3,6,10-11,18H,1-2,4-5,7-9,25H2,(H2,26,30)/t18-/m1/s1. The molecule has 2 fully saturated rings. The van der Waals surface area contributed by atoms with E-state index in [-0.39, 0.29) is 11.5 Å². The third-order valence-corrected chi connectivity index (χ3v) is 9.91. The van der Waals surface area contributed by atoms with Gasteiger partial charge in [0.25, 0.3) is 0 Å². The number of anilines is 2. The van der Waals surface area contributed by atoms with Gasteiger partial charge in [0.15, 0.2) is 10.3 Å². The summed E-state index contributed by atoms with van der Waals surface area (Å²) in [5.74, 6) is 1.70. The lowest BCUT2D eigenvalue weighted by molar-refractivity contribution is 0.187. The predicted octanol–water partition coefficient (Wildman–Crippen LogP) is 5.09. The van der Waals surface area contributed by atoms with Crippen LogP contribution in [0.4, 0.5) is 11.6 Å². The molecule has 11 heteroatoms. The van der Waals surface area contributed by atoms with Crippen LogP contribution in [0.15, 0.2) is 28.4 Å². The van der Waals surface area contributed by atoms with Gasteiger partial charge in [-0.15, -0.1) is 11.3 Å². The van der Waals surface area contributed by atoms with Gasteiger partial charge in [0.05, 0.1) is 22.6 Å². The van der Waals surface area contributed by atoms with Crippen molar-refractivity contribution in [3.05, 3.63) is 44.2 Å². The number of fused-ring (bicyclic) bond motifs is 1. The highest BCUT2D eigenvalue weighted by molar-refractivity contribution is 7.99. The average molecular weight is 521 g/mol. The topological polar surface area (TPSA) is 107 Å². The third-order valence-electron chi connectivity index (χ3n) is 7.05. The number of halogens is 2. The summed E-state index contributed by atoms with van der Waals surface area (Å²) >= 11 is 15.7. The van der Waals surface area contributed by atoms with Crippen molar-refractivity contribution < 1.29 is 0 Å². The van der Waals surface area contributed by atoms with Gasteiger partial charge in [-0.05, 0) is 43.6 Å². The molecule has 1 atom stereocenters. The molecule has 3 aromatic heterocycles. The number of aromatic nitrogens is 4. The maximum absolute atomic E-state index is 6.64. The minimum Gasteiger partial charge on any atom is -0.381 e. The first-order chi connectivity index (χ1) is 15.9. The van der Waals surface area contributed by atoms with Gasteiger partial charge in [0.1, 0.15) is 10.8 Å². The lowest BCUT2D eigenvalue weighted by atomic mass is 9.74. The van der Waals surface area contributed by atoms with Crippen LogP contribution in [-0.4, -0.2) is 33.0 Å². The fourth-order valence-electron chi connectivity index (χ4n) is 4.97. The number of hydrogen-bond donors (Lipinski definition) is 2. The van der Waals surface area contributed by atoms with E-state index in [9.17, 15) is 0 Å². The van der Waals surface area contributed by atoms with Crippen LogP contribution in [0.3, 0.4) is 0 Å². The minimum atomic E-state index is 0.000204. The number of rotatable bonds is 4. The Hall–Kier alpha value is -1.65. The van der Waals surface area contributed by atoms with Gasteiger partial charge < -0.3 is 16.4 Å². The summed E-state index contributed by atoms with van der Waals surface area (Å²) in [5.41, 5.74) is 15.1. The summed E-state index contributed by atoms with van der Waals surface area (Å²) < 4.78 is 0.586. The van der Waals surface area contributed by atoms with Crippen molar-refractivity contribution in [3.8, 4) is 0 Å². The van der Waals surface area contributed by atoms with Crippen LogP contribution < -0.4 is 16.4 Å². The average Bonchev–Trinajstić information content (AvgIpc) is 3.54. The summed E-state index contributed by atoms with van der Waals surface area (Å²) in [5, 5.41) is 1.36. The molecule has 0 radical (unpaired) electrons. The largest absolute Gasteiger partial charge is 0.381 e. The summed E-state index contributed by atoms with van der Waals surface area (Å²) in [6.07, 6.45) is 8.77. The fraction of sp³-hybridized carbons (Fsp3) is 0.455. The fourth-order valence-corrected chi connectivity index (χ4v) is 7.44. The van der Waals surface area contributed by atoms with E-state index in [0.717, 1.165) is 72.2 Å². The number of pyridine rings is 1. The molecule has 6 rings (SSSR count). The van der Waals surface area contributed by atoms with Gasteiger partial charge in [-0.1, -0.05) is 35.0 Å². The molecule has 4 N–H and O–H groups in total. The molecule has 172 valence electrons. The normalized spacial score (nSPS) is 21.5. The Morgan fingerprint density at radius 2 is 1.94 bits per heavy atom. The molecule has 1 spiro atoms. The zero-order chi connectivity index (χ0) is 22.7. The van der Waals surface area contributed by atoms with E-state index in [4.69, 9.17) is 34.7 Å². The van der Waals surface area contributed by atoms with Crippen molar-refractivity contribution in [2.24, 2.45) is 11.1 Å². The lowest BCUT2D eigenvalue weighted by Crippen LogP contribution is -2.44. The van der Waals surface area contributed by atoms with Gasteiger partial charge >= 0.3 is 0 Å². The van der Waals surface area contributed by atoms with Crippen molar-refractivity contribution in [3.63, 3.8) is 0 Å². The number of nitrogens with zero attached hydrogens (tertiary/aromatic N) is 5. The van der Waals surface area contributed by atoms with E-state index >= 15 is 0 Å². The highest BCUT2D eigenvalue weighted by Gasteiger charge is 2.48. The minimum absolute atomic E-state index is 0.000204. The Morgan fingerprint density at radius 3 is 2.64 bits per heavy atom. The molecule has 1 saturated heterocycles. The number of hydrogen-bond acceptors (Lipinski definition) is 9. The second kappa shape index (κ2) is 8.23. The molecule has 1 saturated carbocycles. The molecule has 4 heterocycles. The van der Waals surface area contributed by atoms with Gasteiger partial charge in [0.2, 0.25) is 0 Å². The molecule has 33 heavy (non-hydrogen) atoms. The molecule has 1 aliphatic heterocycles. The van der Waals surface area contributed by atoms with Crippen molar-refractivity contribution in [1.82, 2.24) is 19.9 Å². The van der Waals surface area contributed by atoms with E-state index in [0.29, 0.717) is 26.3 Å². The zero-order valence-corrected chi connectivity index (χ0v) is 20.9. The number of piperidine rings is 1. The Balaban J connectivity index is 1.15. The van der Waals surface area contributed by atoms with Crippen molar-refractivity contribution in [2.45, 2.75) is 54.0 Å². The van der Waals surface area contributed by atoms with E-state index in [1.165, 1.54) is 23.1 Å². The van der Waals surface area contributed by atoms with Crippen molar-refractivity contribution in [1.29, 1.82) is 0 Å². The quantitative estimate of drug-likeness (QED) is 0.490. The molecule has 0 amide bonds. The summed E-state index contributed by atoms with van der Waals surface area (Å²) in [4.78, 5) is 22.5. The van der Waals surface area contributed by atoms with Crippen molar-refractivity contribution >= 4 is 57.9 Å². The highest BCUT2D eigenvalue weighted by Crippen LogP contribution is 2.53. The summed E-state index contributed by atoms with van der Waals surface area (Å²) in [7, 11) is 0.